The van der Waals surface area contributed by atoms with Crippen LogP contribution in [0.15, 0.2) is 41.6 Å². The van der Waals surface area contributed by atoms with E-state index in [0.29, 0.717) is 5.56 Å². The first-order valence-corrected chi connectivity index (χ1v) is 7.65. The zero-order valence-electron chi connectivity index (χ0n) is 10.8. The van der Waals surface area contributed by atoms with Crippen molar-refractivity contribution in [3.05, 3.63) is 47.8 Å². The van der Waals surface area contributed by atoms with Crippen molar-refractivity contribution >= 4 is 27.2 Å². The number of rotatable bonds is 5. The second-order valence-electron chi connectivity index (χ2n) is 4.21. The van der Waals surface area contributed by atoms with Crippen LogP contribution in [0.3, 0.4) is 0 Å². The number of hydrogen-bond acceptors (Lipinski definition) is 4. The van der Waals surface area contributed by atoms with E-state index in [2.05, 4.69) is 9.82 Å². The summed E-state index contributed by atoms with van der Waals surface area (Å²) in [5.41, 5.74) is 6.65. The maximum absolute atomic E-state index is 12.3. The number of nitrogens with one attached hydrogen (secondary N) is 1. The van der Waals surface area contributed by atoms with E-state index >= 15 is 0 Å². The van der Waals surface area contributed by atoms with Gasteiger partial charge in [0.25, 0.3) is 0 Å². The van der Waals surface area contributed by atoms with Crippen LogP contribution in [0.1, 0.15) is 11.1 Å². The van der Waals surface area contributed by atoms with Gasteiger partial charge in [0.2, 0.25) is 10.0 Å². The highest BCUT2D eigenvalue weighted by molar-refractivity contribution is 7.89. The average molecular weight is 310 g/mol. The first-order chi connectivity index (χ1) is 9.40. The predicted octanol–water partition coefficient (Wildman–Crippen LogP) is 0.533. The summed E-state index contributed by atoms with van der Waals surface area (Å²) in [6.45, 7) is 0.155. The van der Waals surface area contributed by atoms with Crippen LogP contribution >= 0.6 is 12.2 Å². The molecule has 2 rings (SSSR count). The number of sulfonamides is 1. The first-order valence-electron chi connectivity index (χ1n) is 5.76. The molecule has 3 N–H and O–H groups in total. The van der Waals surface area contributed by atoms with Crippen LogP contribution in [0, 0.1) is 0 Å². The SMILES string of the molecule is Cn1cc(CNS(=O)(=O)c2ccccc2C(N)=S)cn1. The van der Waals surface area contributed by atoms with Gasteiger partial charge in [0.1, 0.15) is 4.99 Å². The van der Waals surface area contributed by atoms with Gasteiger partial charge in [-0.1, -0.05) is 30.4 Å². The fourth-order valence-electron chi connectivity index (χ4n) is 1.72. The van der Waals surface area contributed by atoms with Gasteiger partial charge in [0.05, 0.1) is 11.1 Å². The lowest BCUT2D eigenvalue weighted by Crippen LogP contribution is -2.26. The number of benzene rings is 1. The van der Waals surface area contributed by atoms with Crippen LogP contribution in [-0.4, -0.2) is 23.2 Å². The number of nitrogens with zero attached hydrogens (tertiary/aromatic N) is 2. The molecule has 8 heteroatoms. The van der Waals surface area contributed by atoms with E-state index in [9.17, 15) is 8.42 Å². The van der Waals surface area contributed by atoms with E-state index in [1.807, 2.05) is 0 Å². The Morgan fingerprint density at radius 3 is 2.75 bits per heavy atom. The minimum Gasteiger partial charge on any atom is -0.389 e. The van der Waals surface area contributed by atoms with E-state index in [4.69, 9.17) is 18.0 Å². The molecule has 2 aromatic rings. The van der Waals surface area contributed by atoms with Gasteiger partial charge in [0.15, 0.2) is 0 Å². The Morgan fingerprint density at radius 2 is 2.15 bits per heavy atom. The molecule has 1 aromatic carbocycles. The molecular formula is C12H14N4O2S2. The van der Waals surface area contributed by atoms with Crippen molar-refractivity contribution in [3.63, 3.8) is 0 Å². The molecule has 0 aliphatic rings. The number of aromatic nitrogens is 2. The monoisotopic (exact) mass is 310 g/mol. The molecule has 106 valence electrons. The van der Waals surface area contributed by atoms with Crippen molar-refractivity contribution in [2.45, 2.75) is 11.4 Å². The van der Waals surface area contributed by atoms with Crippen molar-refractivity contribution in [1.29, 1.82) is 0 Å². The molecule has 0 spiro atoms. The summed E-state index contributed by atoms with van der Waals surface area (Å²) < 4.78 is 28.7. The summed E-state index contributed by atoms with van der Waals surface area (Å²) in [5.74, 6) is 0. The maximum atomic E-state index is 12.3. The fraction of sp³-hybridized carbons (Fsp3) is 0.167. The number of thiocarbonyl (C=S) groups is 1. The van der Waals surface area contributed by atoms with Gasteiger partial charge in [-0.05, 0) is 6.07 Å². The predicted molar refractivity (Wildman–Crippen MR) is 79.6 cm³/mol. The van der Waals surface area contributed by atoms with E-state index in [1.54, 1.807) is 42.3 Å². The highest BCUT2D eigenvalue weighted by Gasteiger charge is 2.19. The van der Waals surface area contributed by atoms with Crippen LogP contribution in [0.5, 0.6) is 0 Å². The van der Waals surface area contributed by atoms with Crippen molar-refractivity contribution < 1.29 is 8.42 Å². The Morgan fingerprint density at radius 1 is 1.45 bits per heavy atom. The number of hydrogen-bond donors (Lipinski definition) is 2. The molecular weight excluding hydrogens is 296 g/mol. The lowest BCUT2D eigenvalue weighted by atomic mass is 10.2. The second-order valence-corrected chi connectivity index (χ2v) is 6.38. The molecule has 0 radical (unpaired) electrons. The Balaban J connectivity index is 2.25. The largest absolute Gasteiger partial charge is 0.389 e. The maximum Gasteiger partial charge on any atom is 0.241 e. The van der Waals surface area contributed by atoms with Crippen LogP contribution in [0.4, 0.5) is 0 Å². The Kier molecular flexibility index (Phi) is 4.17. The van der Waals surface area contributed by atoms with Crippen LogP contribution in [0.25, 0.3) is 0 Å². The third kappa shape index (κ3) is 3.21. The summed E-state index contributed by atoms with van der Waals surface area (Å²) >= 11 is 4.87. The molecule has 0 atom stereocenters. The van der Waals surface area contributed by atoms with Crippen LogP contribution in [0.2, 0.25) is 0 Å². The van der Waals surface area contributed by atoms with Crippen LogP contribution < -0.4 is 10.5 Å². The third-order valence-corrected chi connectivity index (χ3v) is 4.35. The van der Waals surface area contributed by atoms with Crippen molar-refractivity contribution in [1.82, 2.24) is 14.5 Å². The minimum atomic E-state index is -3.68. The van der Waals surface area contributed by atoms with Gasteiger partial charge in [-0.15, -0.1) is 0 Å². The van der Waals surface area contributed by atoms with Gasteiger partial charge in [-0.25, -0.2) is 13.1 Å². The second kappa shape index (κ2) is 5.70. The molecule has 0 aliphatic heterocycles. The van der Waals surface area contributed by atoms with E-state index in [1.165, 1.54) is 6.07 Å². The molecule has 20 heavy (non-hydrogen) atoms. The van der Waals surface area contributed by atoms with Gasteiger partial charge in [-0.3, -0.25) is 4.68 Å². The van der Waals surface area contributed by atoms with Crippen molar-refractivity contribution in [2.24, 2.45) is 12.8 Å². The topological polar surface area (TPSA) is 90.0 Å². The Hall–Kier alpha value is -1.77. The van der Waals surface area contributed by atoms with E-state index in [0.717, 1.165) is 5.56 Å². The molecule has 1 aromatic heterocycles. The summed E-state index contributed by atoms with van der Waals surface area (Å²) in [6.07, 6.45) is 3.34. The Bertz CT molecular complexity index is 737. The summed E-state index contributed by atoms with van der Waals surface area (Å²) in [4.78, 5) is 0.128. The zero-order valence-corrected chi connectivity index (χ0v) is 12.4. The molecule has 0 unspecified atom stereocenters. The highest BCUT2D eigenvalue weighted by atomic mass is 32.2. The molecule has 0 saturated heterocycles. The zero-order chi connectivity index (χ0) is 14.8. The smallest absolute Gasteiger partial charge is 0.241 e. The fourth-order valence-corrected chi connectivity index (χ4v) is 3.20. The van der Waals surface area contributed by atoms with E-state index < -0.39 is 10.0 Å². The van der Waals surface area contributed by atoms with Gasteiger partial charge >= 0.3 is 0 Å². The average Bonchev–Trinajstić information content (AvgIpc) is 2.82. The minimum absolute atomic E-state index is 0.0485. The number of nitrogens with two attached hydrogens (primary N) is 1. The van der Waals surface area contributed by atoms with Crippen LogP contribution in [-0.2, 0) is 23.6 Å². The lowest BCUT2D eigenvalue weighted by molar-refractivity contribution is 0.581. The molecule has 0 amide bonds. The van der Waals surface area contributed by atoms with Crippen molar-refractivity contribution in [2.75, 3.05) is 0 Å². The van der Waals surface area contributed by atoms with E-state index in [-0.39, 0.29) is 16.4 Å². The molecule has 1 heterocycles. The molecule has 0 bridgehead atoms. The molecule has 0 fully saturated rings. The first kappa shape index (κ1) is 14.6. The van der Waals surface area contributed by atoms with Crippen molar-refractivity contribution in [3.8, 4) is 0 Å². The quantitative estimate of drug-likeness (QED) is 0.786. The number of aryl methyl sites for hydroxylation is 1. The summed E-state index contributed by atoms with van der Waals surface area (Å²) in [7, 11) is -1.92. The molecule has 0 saturated carbocycles. The third-order valence-electron chi connectivity index (χ3n) is 2.67. The highest BCUT2D eigenvalue weighted by Crippen LogP contribution is 2.15. The normalized spacial score (nSPS) is 11.4. The summed E-state index contributed by atoms with van der Waals surface area (Å²) in [6, 6.07) is 6.37. The van der Waals surface area contributed by atoms with Gasteiger partial charge < -0.3 is 5.73 Å². The molecule has 6 nitrogen and oxygen atoms in total. The molecule has 0 aliphatic carbocycles. The van der Waals surface area contributed by atoms with Gasteiger partial charge in [-0.2, -0.15) is 5.10 Å². The van der Waals surface area contributed by atoms with Gasteiger partial charge in [0, 0.05) is 30.9 Å². The summed E-state index contributed by atoms with van der Waals surface area (Å²) in [5, 5.41) is 3.98. The standard InChI is InChI=1S/C12H14N4O2S2/c1-16-8-9(6-14-16)7-15-20(17,18)11-5-3-2-4-10(11)12(13)19/h2-6,8,15H,7H2,1H3,(H2,13,19). The lowest BCUT2D eigenvalue weighted by Gasteiger charge is -2.09. The Labute approximate surface area is 122 Å².